The predicted molar refractivity (Wildman–Crippen MR) is 81.4 cm³/mol. The Morgan fingerprint density at radius 1 is 1.29 bits per heavy atom. The van der Waals surface area contributed by atoms with Crippen LogP contribution in [0.25, 0.3) is 0 Å². The molecule has 0 aliphatic carbocycles. The molecule has 1 N–H and O–H groups in total. The van der Waals surface area contributed by atoms with E-state index < -0.39 is 0 Å². The van der Waals surface area contributed by atoms with E-state index in [4.69, 9.17) is 13.9 Å². The van der Waals surface area contributed by atoms with Gasteiger partial charge in [0.2, 0.25) is 5.89 Å². The molecule has 0 atom stereocenters. The topological polar surface area (TPSA) is 69.4 Å². The van der Waals surface area contributed by atoms with Crippen molar-refractivity contribution >= 4 is 15.9 Å². The number of halogens is 1. The third-order valence-electron chi connectivity index (χ3n) is 2.66. The maximum atomic E-state index is 5.76. The third-order valence-corrected chi connectivity index (χ3v) is 3.25. The second-order valence-electron chi connectivity index (χ2n) is 4.37. The first kappa shape index (κ1) is 15.8. The fraction of sp³-hybridized carbons (Fsp3) is 0.429. The normalized spacial score (nSPS) is 10.7. The number of aryl methyl sites for hydroxylation is 1. The first-order chi connectivity index (χ1) is 10.1. The molecule has 2 aromatic rings. The minimum atomic E-state index is 0.199. The highest BCUT2D eigenvalue weighted by molar-refractivity contribution is 9.10. The summed E-state index contributed by atoms with van der Waals surface area (Å²) in [6, 6.07) is 3.95. The Balaban J connectivity index is 2.19. The quantitative estimate of drug-likeness (QED) is 0.823. The first-order valence-electron chi connectivity index (χ1n) is 6.65. The number of hydrogen-bond acceptors (Lipinski definition) is 6. The second kappa shape index (κ2) is 7.42. The van der Waals surface area contributed by atoms with E-state index in [9.17, 15) is 0 Å². The van der Waals surface area contributed by atoms with Gasteiger partial charge in [0.1, 0.15) is 0 Å². The number of rotatable bonds is 7. The molecule has 1 heterocycles. The minimum Gasteiger partial charge on any atom is -0.490 e. The van der Waals surface area contributed by atoms with Gasteiger partial charge in [-0.3, -0.25) is 0 Å². The van der Waals surface area contributed by atoms with Crippen molar-refractivity contribution in [2.75, 3.05) is 13.7 Å². The molecule has 0 unspecified atom stereocenters. The van der Waals surface area contributed by atoms with Crippen LogP contribution in [0.1, 0.15) is 24.3 Å². The van der Waals surface area contributed by atoms with Gasteiger partial charge in [-0.15, -0.1) is 10.2 Å². The van der Waals surface area contributed by atoms with E-state index in [1.165, 1.54) is 0 Å². The van der Waals surface area contributed by atoms with Crippen LogP contribution in [-0.2, 0) is 13.2 Å². The smallest absolute Gasteiger partial charge is 0.253 e. The van der Waals surface area contributed by atoms with Crippen LogP contribution in [0.4, 0.5) is 0 Å². The number of nitrogens with zero attached hydrogens (tertiary/aromatic N) is 2. The summed E-state index contributed by atoms with van der Waals surface area (Å²) in [5.74, 6) is 2.27. The summed E-state index contributed by atoms with van der Waals surface area (Å²) in [5, 5.41) is 10.8. The van der Waals surface area contributed by atoms with Gasteiger partial charge in [-0.25, -0.2) is 0 Å². The molecule has 114 valence electrons. The van der Waals surface area contributed by atoms with E-state index in [1.54, 1.807) is 6.92 Å². The molecule has 0 aliphatic heterocycles. The molecule has 0 radical (unpaired) electrons. The molecule has 7 heteroatoms. The maximum absolute atomic E-state index is 5.76. The van der Waals surface area contributed by atoms with Gasteiger partial charge in [0.05, 0.1) is 11.1 Å². The molecular weight excluding hydrogens is 338 g/mol. The molecule has 1 aromatic carbocycles. The highest BCUT2D eigenvalue weighted by Gasteiger charge is 2.14. The van der Waals surface area contributed by atoms with E-state index in [2.05, 4.69) is 31.4 Å². The molecule has 0 bridgehead atoms. The summed E-state index contributed by atoms with van der Waals surface area (Å²) in [6.07, 6.45) is 0. The largest absolute Gasteiger partial charge is 0.490 e. The van der Waals surface area contributed by atoms with Crippen molar-refractivity contribution in [2.24, 2.45) is 0 Å². The van der Waals surface area contributed by atoms with Gasteiger partial charge in [0.25, 0.3) is 5.89 Å². The van der Waals surface area contributed by atoms with E-state index >= 15 is 0 Å². The van der Waals surface area contributed by atoms with Crippen LogP contribution in [0, 0.1) is 6.92 Å². The van der Waals surface area contributed by atoms with Crippen LogP contribution in [0.2, 0.25) is 0 Å². The zero-order valence-corrected chi connectivity index (χ0v) is 13.9. The summed E-state index contributed by atoms with van der Waals surface area (Å²) in [4.78, 5) is 0. The van der Waals surface area contributed by atoms with E-state index in [1.807, 2.05) is 26.1 Å². The van der Waals surface area contributed by atoms with Crippen molar-refractivity contribution in [1.82, 2.24) is 15.5 Å². The predicted octanol–water partition coefficient (Wildman–Crippen LogP) is 2.84. The molecule has 0 saturated heterocycles. The number of ether oxygens (including phenoxy) is 2. The number of hydrogen-bond donors (Lipinski definition) is 1. The van der Waals surface area contributed by atoms with Crippen LogP contribution < -0.4 is 14.8 Å². The number of aromatic nitrogens is 2. The summed E-state index contributed by atoms with van der Waals surface area (Å²) in [5.41, 5.74) is 1.11. The van der Waals surface area contributed by atoms with Crippen LogP contribution >= 0.6 is 15.9 Å². The van der Waals surface area contributed by atoms with Crippen LogP contribution in [-0.4, -0.2) is 23.9 Å². The molecular formula is C14H18BrN3O3. The Morgan fingerprint density at radius 3 is 2.71 bits per heavy atom. The van der Waals surface area contributed by atoms with Crippen molar-refractivity contribution in [1.29, 1.82) is 0 Å². The summed E-state index contributed by atoms with van der Waals surface area (Å²) >= 11 is 3.52. The van der Waals surface area contributed by atoms with E-state index in [-0.39, 0.29) is 6.61 Å². The van der Waals surface area contributed by atoms with Crippen molar-refractivity contribution in [3.8, 4) is 11.5 Å². The molecule has 1 aromatic heterocycles. The Bertz CT molecular complexity index is 601. The molecule has 2 rings (SSSR count). The standard InChI is InChI=1S/C14H18BrN3O3/c1-4-19-12-6-10(7-16-3)5-11(15)14(12)20-8-13-18-17-9(2)21-13/h5-6,16H,4,7-8H2,1-3H3. The van der Waals surface area contributed by atoms with Gasteiger partial charge in [-0.2, -0.15) is 0 Å². The van der Waals surface area contributed by atoms with Crippen LogP contribution in [0.3, 0.4) is 0 Å². The van der Waals surface area contributed by atoms with Gasteiger partial charge in [0, 0.05) is 13.5 Å². The molecule has 0 fully saturated rings. The highest BCUT2D eigenvalue weighted by atomic mass is 79.9. The van der Waals surface area contributed by atoms with Gasteiger partial charge in [0.15, 0.2) is 18.1 Å². The Labute approximate surface area is 132 Å². The van der Waals surface area contributed by atoms with Crippen molar-refractivity contribution < 1.29 is 13.9 Å². The zero-order chi connectivity index (χ0) is 15.2. The van der Waals surface area contributed by atoms with Crippen molar-refractivity contribution in [2.45, 2.75) is 27.0 Å². The average Bonchev–Trinajstić information content (AvgIpc) is 2.84. The average molecular weight is 356 g/mol. The zero-order valence-electron chi connectivity index (χ0n) is 12.3. The van der Waals surface area contributed by atoms with Crippen molar-refractivity contribution in [3.05, 3.63) is 34.0 Å². The lowest BCUT2D eigenvalue weighted by Gasteiger charge is -2.14. The minimum absolute atomic E-state index is 0.199. The SMILES string of the molecule is CCOc1cc(CNC)cc(Br)c1OCc1nnc(C)o1. The lowest BCUT2D eigenvalue weighted by Crippen LogP contribution is -2.07. The highest BCUT2D eigenvalue weighted by Crippen LogP contribution is 2.37. The third kappa shape index (κ3) is 4.18. The van der Waals surface area contributed by atoms with Gasteiger partial charge < -0.3 is 19.2 Å². The number of nitrogens with one attached hydrogen (secondary N) is 1. The molecule has 0 spiro atoms. The summed E-state index contributed by atoms with van der Waals surface area (Å²) in [7, 11) is 1.90. The Morgan fingerprint density at radius 2 is 2.10 bits per heavy atom. The maximum Gasteiger partial charge on any atom is 0.253 e. The Hall–Kier alpha value is -1.60. The first-order valence-corrected chi connectivity index (χ1v) is 7.45. The molecule has 0 saturated carbocycles. The van der Waals surface area contributed by atoms with Crippen molar-refractivity contribution in [3.63, 3.8) is 0 Å². The molecule has 0 aliphatic rings. The molecule has 21 heavy (non-hydrogen) atoms. The van der Waals surface area contributed by atoms with E-state index in [0.29, 0.717) is 29.9 Å². The molecule has 0 amide bonds. The fourth-order valence-electron chi connectivity index (χ4n) is 1.86. The molecule has 6 nitrogen and oxygen atoms in total. The fourth-order valence-corrected chi connectivity index (χ4v) is 2.46. The summed E-state index contributed by atoms with van der Waals surface area (Å²) in [6.45, 7) is 5.19. The summed E-state index contributed by atoms with van der Waals surface area (Å²) < 4.78 is 17.5. The van der Waals surface area contributed by atoms with Gasteiger partial charge >= 0.3 is 0 Å². The lowest BCUT2D eigenvalue weighted by molar-refractivity contribution is 0.239. The number of benzene rings is 1. The van der Waals surface area contributed by atoms with Crippen LogP contribution in [0.5, 0.6) is 11.5 Å². The van der Waals surface area contributed by atoms with Crippen LogP contribution in [0.15, 0.2) is 21.0 Å². The monoisotopic (exact) mass is 355 g/mol. The van der Waals surface area contributed by atoms with Gasteiger partial charge in [-0.05, 0) is 47.6 Å². The second-order valence-corrected chi connectivity index (χ2v) is 5.23. The van der Waals surface area contributed by atoms with Gasteiger partial charge in [-0.1, -0.05) is 0 Å². The van der Waals surface area contributed by atoms with E-state index in [0.717, 1.165) is 16.6 Å². The lowest BCUT2D eigenvalue weighted by atomic mass is 10.2. The Kier molecular flexibility index (Phi) is 5.58.